The molecule has 16 nitrogen and oxygen atoms in total. The summed E-state index contributed by atoms with van der Waals surface area (Å²) in [6, 6.07) is 9.31. The summed E-state index contributed by atoms with van der Waals surface area (Å²) in [5, 5.41) is 1.16. The summed E-state index contributed by atoms with van der Waals surface area (Å²) >= 11 is 6.31. The number of nitrogens with zero attached hydrogens (tertiary/aromatic N) is 2. The number of methoxy groups -OCH3 is 2. The van der Waals surface area contributed by atoms with Gasteiger partial charge in [0.2, 0.25) is 17.6 Å². The number of benzene rings is 2. The number of nitrogens with one attached hydrogen (secondary N) is 2. The van der Waals surface area contributed by atoms with Crippen LogP contribution in [-0.2, 0) is 18.9 Å². The molecule has 0 aliphatic carbocycles. The lowest BCUT2D eigenvalue weighted by atomic mass is 10.1. The Kier molecular flexibility index (Phi) is 12.2. The Morgan fingerprint density at radius 1 is 0.660 bits per heavy atom. The summed E-state index contributed by atoms with van der Waals surface area (Å²) < 4.78 is 56.6. The number of aromatic nitrogens is 4. The van der Waals surface area contributed by atoms with Crippen molar-refractivity contribution >= 4 is 33.5 Å². The predicted molar refractivity (Wildman–Crippen MR) is 176 cm³/mol. The second-order valence-corrected chi connectivity index (χ2v) is 10.5. The van der Waals surface area contributed by atoms with Crippen molar-refractivity contribution in [1.29, 1.82) is 0 Å². The Balaban J connectivity index is 0.000000194. The van der Waals surface area contributed by atoms with Crippen LogP contribution in [0, 0.1) is 5.82 Å². The van der Waals surface area contributed by atoms with Gasteiger partial charge in [-0.15, -0.1) is 0 Å². The zero-order valence-electron chi connectivity index (χ0n) is 26.7. The van der Waals surface area contributed by atoms with E-state index in [1.54, 1.807) is 38.5 Å². The number of aromatic amines is 2. The third-order valence-electron chi connectivity index (χ3n) is 6.81. The maximum Gasteiger partial charge on any atom is 0.351 e. The number of H-pyrrole nitrogens is 2. The molecule has 0 saturated carbocycles. The maximum atomic E-state index is 14.6. The lowest BCUT2D eigenvalue weighted by Gasteiger charge is -2.11. The van der Waals surface area contributed by atoms with Crippen molar-refractivity contribution in [2.75, 3.05) is 67.1 Å². The van der Waals surface area contributed by atoms with Gasteiger partial charge in [-0.3, -0.25) is 19.6 Å². The van der Waals surface area contributed by atoms with Crippen molar-refractivity contribution in [3.8, 4) is 34.4 Å². The first-order chi connectivity index (χ1) is 24.2. The second kappa shape index (κ2) is 17.0. The average molecular weight is 717 g/mol. The highest BCUT2D eigenvalue weighted by molar-refractivity contribution is 6.36. The van der Waals surface area contributed by atoms with Crippen molar-refractivity contribution in [2.24, 2.45) is 0 Å². The summed E-state index contributed by atoms with van der Waals surface area (Å²) in [6.07, 6.45) is 0. The van der Waals surface area contributed by atoms with Crippen LogP contribution < -0.4 is 32.0 Å². The SMILES string of the molecule is COCCOCCOc1ccc2cc3c(=O)[nH]c(=O)nc-3oc2c1Cl.COCCOCCOc1ccc2cc3c(=O)[nH]c(=O)nc-3oc2c1F. The molecule has 4 aliphatic heterocycles. The number of ether oxygens (including phenoxy) is 6. The molecule has 0 radical (unpaired) electrons. The first-order valence-electron chi connectivity index (χ1n) is 14.9. The lowest BCUT2D eigenvalue weighted by Crippen LogP contribution is -2.24. The van der Waals surface area contributed by atoms with Gasteiger partial charge in [0, 0.05) is 25.0 Å². The average Bonchev–Trinajstić information content (AvgIpc) is 3.09. The molecule has 6 rings (SSSR count). The van der Waals surface area contributed by atoms with Crippen LogP contribution in [0.15, 0.2) is 64.4 Å². The molecule has 264 valence electrons. The fourth-order valence-corrected chi connectivity index (χ4v) is 4.74. The minimum atomic E-state index is -0.860. The molecule has 50 heavy (non-hydrogen) atoms. The van der Waals surface area contributed by atoms with Gasteiger partial charge in [-0.05, 0) is 36.4 Å². The van der Waals surface area contributed by atoms with Gasteiger partial charge in [-0.25, -0.2) is 9.59 Å². The highest BCUT2D eigenvalue weighted by atomic mass is 35.5. The number of hydrogen-bond donors (Lipinski definition) is 2. The molecule has 2 N–H and O–H groups in total. The van der Waals surface area contributed by atoms with Gasteiger partial charge in [0.1, 0.15) is 35.1 Å². The summed E-state index contributed by atoms with van der Waals surface area (Å²) in [5.41, 5.74) is -2.48. The normalized spacial score (nSPS) is 11.3. The van der Waals surface area contributed by atoms with E-state index in [1.807, 2.05) is 4.98 Å². The topological polar surface area (TPSA) is 207 Å². The summed E-state index contributed by atoms with van der Waals surface area (Å²) in [6.45, 7) is 2.95. The molecule has 2 aromatic carbocycles. The molecule has 18 heteroatoms. The van der Waals surface area contributed by atoms with Crippen LogP contribution in [0.25, 0.3) is 44.8 Å². The number of halogens is 2. The van der Waals surface area contributed by atoms with Crippen LogP contribution in [0.1, 0.15) is 0 Å². The van der Waals surface area contributed by atoms with Crippen molar-refractivity contribution < 1.29 is 41.6 Å². The van der Waals surface area contributed by atoms with E-state index in [1.165, 1.54) is 12.1 Å². The minimum Gasteiger partial charge on any atom is -0.489 e. The van der Waals surface area contributed by atoms with Crippen LogP contribution >= 0.6 is 11.6 Å². The van der Waals surface area contributed by atoms with Crippen LogP contribution in [0.2, 0.25) is 5.02 Å². The Morgan fingerprint density at radius 2 is 1.12 bits per heavy atom. The zero-order valence-corrected chi connectivity index (χ0v) is 27.4. The molecule has 2 aromatic rings. The van der Waals surface area contributed by atoms with Gasteiger partial charge in [-0.2, -0.15) is 14.4 Å². The Labute approximate surface area is 285 Å². The molecule has 0 amide bonds. The molecule has 0 aromatic heterocycles. The van der Waals surface area contributed by atoms with Crippen LogP contribution in [0.4, 0.5) is 4.39 Å². The van der Waals surface area contributed by atoms with E-state index in [0.717, 1.165) is 0 Å². The zero-order chi connectivity index (χ0) is 35.6. The number of rotatable bonds is 14. The van der Waals surface area contributed by atoms with E-state index >= 15 is 0 Å². The third kappa shape index (κ3) is 8.68. The van der Waals surface area contributed by atoms with Crippen LogP contribution in [0.3, 0.4) is 0 Å². The molecule has 0 saturated heterocycles. The van der Waals surface area contributed by atoms with Crippen molar-refractivity contribution in [3.05, 3.63) is 88.9 Å². The molecule has 4 heterocycles. The van der Waals surface area contributed by atoms with Gasteiger partial charge < -0.3 is 37.3 Å². The molecule has 0 atom stereocenters. The van der Waals surface area contributed by atoms with E-state index in [9.17, 15) is 23.6 Å². The third-order valence-corrected chi connectivity index (χ3v) is 7.17. The molecule has 0 bridgehead atoms. The minimum absolute atomic E-state index is 0.0295. The van der Waals surface area contributed by atoms with Gasteiger partial charge in [-0.1, -0.05) is 11.6 Å². The smallest absolute Gasteiger partial charge is 0.351 e. The van der Waals surface area contributed by atoms with Gasteiger partial charge >= 0.3 is 11.4 Å². The second-order valence-electron chi connectivity index (χ2n) is 10.2. The monoisotopic (exact) mass is 716 g/mol. The summed E-state index contributed by atoms with van der Waals surface area (Å²) in [7, 11) is 3.16. The standard InChI is InChI=1S/C16H15ClN2O6.C16H15FN2O6/c2*1-22-4-5-23-6-7-24-11-3-2-9-8-10-14(20)18-16(21)19-15(10)25-13(9)12(11)17/h2*2-3,8H,4-7H2,1H3,(H,18,20,21). The fraction of sp³-hybridized carbons (Fsp3) is 0.312. The van der Waals surface area contributed by atoms with E-state index in [-0.39, 0.29) is 58.1 Å². The maximum absolute atomic E-state index is 14.6. The molecule has 4 aliphatic rings. The van der Waals surface area contributed by atoms with Crippen molar-refractivity contribution in [3.63, 3.8) is 0 Å². The van der Waals surface area contributed by atoms with E-state index in [2.05, 4.69) is 15.0 Å². The first kappa shape index (κ1) is 36.1. The Morgan fingerprint density at radius 3 is 1.66 bits per heavy atom. The Bertz CT molecular complexity index is 2090. The molecule has 0 fully saturated rings. The number of fused-ring (bicyclic) bond motifs is 4. The summed E-state index contributed by atoms with van der Waals surface area (Å²) in [5.74, 6) is -0.688. The van der Waals surface area contributed by atoms with Gasteiger partial charge in [0.15, 0.2) is 16.9 Å². The molecular formula is C32H30ClFN4O12. The van der Waals surface area contributed by atoms with E-state index in [4.69, 9.17) is 48.9 Å². The number of hydrogen-bond acceptors (Lipinski definition) is 14. The Hall–Kier alpha value is -5.20. The first-order valence-corrected chi connectivity index (χ1v) is 15.3. The quantitative estimate of drug-likeness (QED) is 0.123. The highest BCUT2D eigenvalue weighted by Gasteiger charge is 2.19. The van der Waals surface area contributed by atoms with Crippen molar-refractivity contribution in [2.45, 2.75) is 0 Å². The lowest BCUT2D eigenvalue weighted by molar-refractivity contribution is 0.0538. The molecule has 0 unspecified atom stereocenters. The van der Waals surface area contributed by atoms with Crippen molar-refractivity contribution in [1.82, 2.24) is 19.9 Å². The van der Waals surface area contributed by atoms with Crippen LogP contribution in [-0.4, -0.2) is 87.0 Å². The highest BCUT2D eigenvalue weighted by Crippen LogP contribution is 2.35. The van der Waals surface area contributed by atoms with Crippen LogP contribution in [0.5, 0.6) is 11.5 Å². The van der Waals surface area contributed by atoms with E-state index in [0.29, 0.717) is 56.2 Å². The fourth-order valence-electron chi connectivity index (χ4n) is 4.47. The predicted octanol–water partition coefficient (Wildman–Crippen LogP) is 2.84. The van der Waals surface area contributed by atoms with E-state index < -0.39 is 28.3 Å². The van der Waals surface area contributed by atoms with Gasteiger partial charge in [0.25, 0.3) is 11.1 Å². The molecule has 0 spiro atoms. The molecular weight excluding hydrogens is 687 g/mol. The largest absolute Gasteiger partial charge is 0.489 e. The summed E-state index contributed by atoms with van der Waals surface area (Å²) in [4.78, 5) is 57.5. The van der Waals surface area contributed by atoms with Gasteiger partial charge in [0.05, 0.1) is 39.6 Å².